The predicted molar refractivity (Wildman–Crippen MR) is 261 cm³/mol. The summed E-state index contributed by atoms with van der Waals surface area (Å²) in [6.07, 6.45) is 19.5. The van der Waals surface area contributed by atoms with E-state index < -0.39 is 48.4 Å². The maximum Gasteiger partial charge on any atom is 0.330 e. The Morgan fingerprint density at radius 2 is 1.78 bits per heavy atom. The van der Waals surface area contributed by atoms with Crippen molar-refractivity contribution < 1.29 is 62.1 Å². The third-order valence-electron chi connectivity index (χ3n) is 13.9. The summed E-state index contributed by atoms with van der Waals surface area (Å²) in [6, 6.07) is 0. The molecule has 2 aromatic rings. The molecular formula is C53H71BrN2O13. The van der Waals surface area contributed by atoms with Gasteiger partial charge in [-0.1, -0.05) is 84.0 Å². The van der Waals surface area contributed by atoms with E-state index in [9.17, 15) is 20.1 Å². The fourth-order valence-electron chi connectivity index (χ4n) is 10.4. The van der Waals surface area contributed by atoms with Crippen LogP contribution >= 0.6 is 15.9 Å². The van der Waals surface area contributed by atoms with Gasteiger partial charge < -0.3 is 57.3 Å². The van der Waals surface area contributed by atoms with Gasteiger partial charge in [0.15, 0.2) is 11.7 Å². The van der Waals surface area contributed by atoms with Gasteiger partial charge in [-0.15, -0.1) is 0 Å². The maximum absolute atomic E-state index is 13.6. The zero-order chi connectivity index (χ0) is 49.2. The van der Waals surface area contributed by atoms with Gasteiger partial charge in [0.25, 0.3) is 0 Å². The van der Waals surface area contributed by atoms with E-state index in [1.54, 1.807) is 37.6 Å². The Kier molecular flexibility index (Phi) is 18.9. The van der Waals surface area contributed by atoms with Crippen LogP contribution in [0.2, 0.25) is 0 Å². The molecule has 378 valence electrons. The lowest BCUT2D eigenvalue weighted by molar-refractivity contribution is -0.286. The number of fused-ring (bicyclic) bond motifs is 9. The Morgan fingerprint density at radius 1 is 0.986 bits per heavy atom. The Hall–Kier alpha value is -3.81. The molecule has 0 aliphatic carbocycles. The van der Waals surface area contributed by atoms with Gasteiger partial charge in [0, 0.05) is 57.8 Å². The highest BCUT2D eigenvalue weighted by atomic mass is 79.9. The Bertz CT molecular complexity index is 2210. The number of methoxy groups -OCH3 is 2. The Balaban J connectivity index is 1.06. The van der Waals surface area contributed by atoms with Crippen molar-refractivity contribution in [1.82, 2.24) is 9.97 Å². The number of halogens is 1. The molecule has 5 aliphatic rings. The fourth-order valence-corrected chi connectivity index (χ4v) is 10.6. The van der Waals surface area contributed by atoms with Gasteiger partial charge in [-0.3, -0.25) is 0 Å². The maximum atomic E-state index is 13.6. The van der Waals surface area contributed by atoms with Crippen LogP contribution in [0.1, 0.15) is 121 Å². The molecule has 0 aromatic carbocycles. The number of hydrogen-bond acceptors (Lipinski definition) is 15. The summed E-state index contributed by atoms with van der Waals surface area (Å²) in [5, 5.41) is 33.9. The molecule has 7 heterocycles. The normalized spacial score (nSPS) is 36.1. The van der Waals surface area contributed by atoms with E-state index in [1.165, 1.54) is 12.3 Å². The van der Waals surface area contributed by atoms with Gasteiger partial charge in [-0.25, -0.2) is 14.8 Å². The quantitative estimate of drug-likeness (QED) is 0.104. The van der Waals surface area contributed by atoms with Gasteiger partial charge in [0.05, 0.1) is 67.5 Å². The lowest BCUT2D eigenvalue weighted by Crippen LogP contribution is -2.51. The van der Waals surface area contributed by atoms with Gasteiger partial charge in [0.2, 0.25) is 5.89 Å². The van der Waals surface area contributed by atoms with Crippen molar-refractivity contribution >= 4 is 34.1 Å². The lowest BCUT2D eigenvalue weighted by Gasteiger charge is -2.44. The van der Waals surface area contributed by atoms with Crippen molar-refractivity contribution in [2.24, 2.45) is 11.8 Å². The van der Waals surface area contributed by atoms with Crippen LogP contribution in [0.3, 0.4) is 0 Å². The van der Waals surface area contributed by atoms with Crippen molar-refractivity contribution in [3.63, 3.8) is 0 Å². The molecule has 2 aromatic heterocycles. The molecule has 0 spiro atoms. The summed E-state index contributed by atoms with van der Waals surface area (Å²) in [7, 11) is 3.22. The third kappa shape index (κ3) is 14.6. The highest BCUT2D eigenvalue weighted by Crippen LogP contribution is 2.40. The van der Waals surface area contributed by atoms with Crippen molar-refractivity contribution in [3.05, 3.63) is 107 Å². The van der Waals surface area contributed by atoms with E-state index in [4.69, 9.17) is 52.0 Å². The van der Waals surface area contributed by atoms with Crippen LogP contribution in [0, 0.1) is 11.8 Å². The molecule has 0 amide bonds. The summed E-state index contributed by atoms with van der Waals surface area (Å²) in [4.78, 5) is 24.8. The summed E-state index contributed by atoms with van der Waals surface area (Å²) in [5.74, 6) is -1.95. The molecule has 7 rings (SSSR count). The second-order valence-corrected chi connectivity index (χ2v) is 20.0. The highest BCUT2D eigenvalue weighted by molar-refractivity contribution is 9.11. The van der Waals surface area contributed by atoms with Crippen LogP contribution in [-0.2, 0) is 44.4 Å². The van der Waals surface area contributed by atoms with Gasteiger partial charge in [0.1, 0.15) is 36.1 Å². The molecule has 4 fully saturated rings. The zero-order valence-electron chi connectivity index (χ0n) is 40.7. The molecule has 15 atom stereocenters. The third-order valence-corrected chi connectivity index (χ3v) is 14.2. The van der Waals surface area contributed by atoms with E-state index in [-0.39, 0.29) is 67.2 Å². The first-order valence-electron chi connectivity index (χ1n) is 24.3. The number of aliphatic hydroxyl groups excluding tert-OH is 2. The van der Waals surface area contributed by atoms with Crippen LogP contribution in [0.25, 0.3) is 12.2 Å². The first-order valence-corrected chi connectivity index (χ1v) is 25.2. The molecule has 4 saturated heterocycles. The van der Waals surface area contributed by atoms with Crippen LogP contribution in [0.15, 0.2) is 92.2 Å². The molecule has 8 bridgehead atoms. The van der Waals surface area contributed by atoms with Crippen LogP contribution in [-0.4, -0.2) is 118 Å². The van der Waals surface area contributed by atoms with Crippen molar-refractivity contribution in [2.45, 2.75) is 177 Å². The number of rotatable bonds is 12. The van der Waals surface area contributed by atoms with E-state index in [0.717, 1.165) is 16.7 Å². The van der Waals surface area contributed by atoms with Crippen LogP contribution < -0.4 is 0 Å². The number of allylic oxidation sites excluding steroid dienone is 2. The van der Waals surface area contributed by atoms with E-state index in [1.807, 2.05) is 64.2 Å². The summed E-state index contributed by atoms with van der Waals surface area (Å²) < 4.78 is 55.2. The van der Waals surface area contributed by atoms with E-state index in [0.29, 0.717) is 75.1 Å². The molecule has 0 saturated carbocycles. The number of oxazole rings is 2. The molecule has 0 radical (unpaired) electrons. The lowest BCUT2D eigenvalue weighted by atomic mass is 9.79. The van der Waals surface area contributed by atoms with Crippen molar-refractivity contribution in [2.75, 3.05) is 14.2 Å². The first-order chi connectivity index (χ1) is 33.1. The number of carbonyl (C=O) groups is 1. The SMILES string of the molecule is C=C1C[C@@H]2C[C@@H]3C[C@@H](O)CC(O3)c3coc(n3)/C=C/C[C@H]3O[C@@H](/C(C)=C/c4coc(C[C@]5(O)C[C@H](OC)C[C@H]([C@H](O)/C=C(C)/C=C/C(C/C=C/Br)OC)O5)n4)[C@H](C)[C@@H](OC(=O)/C=C\C[C@@H](C1)O2)[C@H]3C. The topological polar surface area (TPSA) is 194 Å². The monoisotopic (exact) mass is 1020 g/mol. The number of esters is 1. The first kappa shape index (κ1) is 53.0. The summed E-state index contributed by atoms with van der Waals surface area (Å²) >= 11 is 3.28. The van der Waals surface area contributed by atoms with Crippen molar-refractivity contribution in [1.29, 1.82) is 0 Å². The number of aromatic nitrogens is 2. The molecule has 16 heteroatoms. The van der Waals surface area contributed by atoms with E-state index >= 15 is 0 Å². The van der Waals surface area contributed by atoms with Crippen molar-refractivity contribution in [3.8, 4) is 0 Å². The largest absolute Gasteiger partial charge is 0.458 e. The number of nitrogens with zero attached hydrogens (tertiary/aromatic N) is 2. The fraction of sp³-hybridized carbons (Fsp3) is 0.604. The molecule has 2 unspecified atom stereocenters. The summed E-state index contributed by atoms with van der Waals surface area (Å²) in [6.45, 7) is 12.2. The average Bonchev–Trinajstić information content (AvgIpc) is 3.96. The number of ether oxygens (including phenoxy) is 7. The molecule has 69 heavy (non-hydrogen) atoms. The van der Waals surface area contributed by atoms with E-state index in [2.05, 4.69) is 22.5 Å². The van der Waals surface area contributed by atoms with Crippen LogP contribution in [0.5, 0.6) is 0 Å². The zero-order valence-corrected chi connectivity index (χ0v) is 42.3. The molecular weight excluding hydrogens is 952 g/mol. The summed E-state index contributed by atoms with van der Waals surface area (Å²) in [5.41, 5.74) is 3.86. The Labute approximate surface area is 414 Å². The molecule has 5 aliphatic heterocycles. The minimum Gasteiger partial charge on any atom is -0.458 e. The van der Waals surface area contributed by atoms with Crippen LogP contribution in [0.4, 0.5) is 0 Å². The predicted octanol–water partition coefficient (Wildman–Crippen LogP) is 8.76. The highest BCUT2D eigenvalue weighted by Gasteiger charge is 2.45. The number of aliphatic hydroxyl groups is 3. The minimum absolute atomic E-state index is 0.0830. The minimum atomic E-state index is -1.73. The molecule has 15 nitrogen and oxygen atoms in total. The second kappa shape index (κ2) is 24.5. The molecule has 3 N–H and O–H groups in total. The Morgan fingerprint density at radius 3 is 2.57 bits per heavy atom. The smallest absolute Gasteiger partial charge is 0.330 e. The van der Waals surface area contributed by atoms with Gasteiger partial charge in [-0.2, -0.15) is 0 Å². The second-order valence-electron chi connectivity index (χ2n) is 19.5. The number of carbonyl (C=O) groups excluding carboxylic acids is 1. The average molecular weight is 1020 g/mol. The van der Waals surface area contributed by atoms with Gasteiger partial charge in [-0.05, 0) is 75.1 Å². The number of hydrogen-bond donors (Lipinski definition) is 3. The standard InChI is InChI=1S/C53H71BrN2O13/c1-31(16-17-38(61-6)12-10-18-54)21-44(58)47-26-42(62-7)27-53(60,69-47)28-49-55-36(29-63-49)22-33(3)51-35(5)52-34(4)45(67-51)13-9-14-48-56-43(30-64-48)46-24-37(57)23-41(66-46)25-40-20-32(2)19-39(65-40)11-8-15-50(59)68-52/h8-10,14-18,21-22,29-30,34-35,37-42,44-47,51-52,57-58,60H,2,11-13,19-20,23-28H2,1,3-7H3/b14-9+,15-8-,17-16+,18-10+,31-21+,33-22+/t34-,35-,37+,38?,39-,40+,41-,42+,44+,45+,46?,47+,51-,52-,53-/m0/s1. The van der Waals surface area contributed by atoms with Gasteiger partial charge >= 0.3 is 5.97 Å².